The minimum Gasteiger partial charge on any atom is -0.444 e. The van der Waals surface area contributed by atoms with E-state index in [1.807, 2.05) is 0 Å². The number of carbonyl (C=O) groups is 1. The Morgan fingerprint density at radius 3 is 2.41 bits per heavy atom. The Bertz CT molecular complexity index is 626. The molecular weight excluding hydrogens is 372 g/mol. The van der Waals surface area contributed by atoms with Crippen molar-refractivity contribution in [2.75, 3.05) is 23.7 Å². The molecule has 1 aromatic rings. The summed E-state index contributed by atoms with van der Waals surface area (Å²) in [4.78, 5) is 11.6. The first kappa shape index (κ1) is 18.8. The molecule has 0 spiro atoms. The molecule has 1 rings (SSSR count). The lowest BCUT2D eigenvalue weighted by atomic mass is 10.2. The summed E-state index contributed by atoms with van der Waals surface area (Å²) in [6, 6.07) is 7.00. The molecule has 0 unspecified atom stereocenters. The number of amides is 1. The predicted molar refractivity (Wildman–Crippen MR) is 90.6 cm³/mol. The monoisotopic (exact) mass is 392 g/mol. The van der Waals surface area contributed by atoms with Gasteiger partial charge in [0.15, 0.2) is 0 Å². The number of hydrogen-bond acceptors (Lipinski definition) is 4. The summed E-state index contributed by atoms with van der Waals surface area (Å²) in [7, 11) is -3.46. The summed E-state index contributed by atoms with van der Waals surface area (Å²) in [6.45, 7) is 5.54. The molecule has 0 saturated heterocycles. The van der Waals surface area contributed by atoms with Crippen LogP contribution in [0, 0.1) is 0 Å². The normalized spacial score (nSPS) is 11.9. The van der Waals surface area contributed by atoms with Crippen LogP contribution in [-0.2, 0) is 14.8 Å². The van der Waals surface area contributed by atoms with Gasteiger partial charge >= 0.3 is 6.09 Å². The molecule has 6 nitrogen and oxygen atoms in total. The van der Waals surface area contributed by atoms with Crippen molar-refractivity contribution in [2.45, 2.75) is 26.4 Å². The van der Waals surface area contributed by atoms with Gasteiger partial charge in [0.25, 0.3) is 0 Å². The van der Waals surface area contributed by atoms with Crippen LogP contribution < -0.4 is 9.62 Å². The van der Waals surface area contributed by atoms with E-state index in [0.29, 0.717) is 10.2 Å². The summed E-state index contributed by atoms with van der Waals surface area (Å²) in [6.07, 6.45) is 0.549. The van der Waals surface area contributed by atoms with Crippen LogP contribution in [0.15, 0.2) is 28.7 Å². The van der Waals surface area contributed by atoms with Crippen LogP contribution in [0.25, 0.3) is 0 Å². The number of anilines is 1. The maximum absolute atomic E-state index is 11.9. The molecule has 22 heavy (non-hydrogen) atoms. The zero-order valence-electron chi connectivity index (χ0n) is 13.1. The summed E-state index contributed by atoms with van der Waals surface area (Å²) < 4.78 is 30.9. The Labute approximate surface area is 140 Å². The number of nitrogens with zero attached hydrogens (tertiary/aromatic N) is 1. The lowest BCUT2D eigenvalue weighted by Crippen LogP contribution is -2.40. The molecule has 0 aliphatic heterocycles. The molecule has 1 N–H and O–H groups in total. The molecule has 124 valence electrons. The van der Waals surface area contributed by atoms with Crippen molar-refractivity contribution in [3.8, 4) is 0 Å². The van der Waals surface area contributed by atoms with Crippen LogP contribution in [0.4, 0.5) is 10.5 Å². The number of nitrogens with one attached hydrogen (secondary N) is 1. The number of benzene rings is 1. The van der Waals surface area contributed by atoms with E-state index in [0.717, 1.165) is 6.26 Å². The number of halogens is 1. The molecule has 0 aromatic heterocycles. The molecule has 1 aromatic carbocycles. The van der Waals surface area contributed by atoms with Crippen LogP contribution in [0.5, 0.6) is 0 Å². The van der Waals surface area contributed by atoms with Gasteiger partial charge in [0.05, 0.1) is 18.5 Å². The Morgan fingerprint density at radius 2 is 1.91 bits per heavy atom. The number of hydrogen-bond donors (Lipinski definition) is 1. The van der Waals surface area contributed by atoms with E-state index in [1.165, 1.54) is 4.31 Å². The third-order valence-corrected chi connectivity index (χ3v) is 4.36. The second kappa shape index (κ2) is 7.32. The number of alkyl carbamates (subject to hydrolysis) is 1. The van der Waals surface area contributed by atoms with Crippen LogP contribution in [0.2, 0.25) is 0 Å². The SMILES string of the molecule is CC(C)(C)OC(=O)NCCN(c1ccccc1Br)S(C)(=O)=O. The molecule has 0 atom stereocenters. The maximum atomic E-state index is 11.9. The van der Waals surface area contributed by atoms with Gasteiger partial charge in [0.2, 0.25) is 10.0 Å². The van der Waals surface area contributed by atoms with Crippen molar-refractivity contribution in [3.63, 3.8) is 0 Å². The number of ether oxygens (including phenoxy) is 1. The minimum atomic E-state index is -3.46. The molecule has 0 saturated carbocycles. The van der Waals surface area contributed by atoms with Gasteiger partial charge in [-0.2, -0.15) is 0 Å². The van der Waals surface area contributed by atoms with Crippen molar-refractivity contribution in [2.24, 2.45) is 0 Å². The number of carbonyl (C=O) groups excluding carboxylic acids is 1. The lowest BCUT2D eigenvalue weighted by molar-refractivity contribution is 0.0529. The molecule has 0 aliphatic carbocycles. The van der Waals surface area contributed by atoms with Crippen LogP contribution in [0.3, 0.4) is 0 Å². The van der Waals surface area contributed by atoms with Gasteiger partial charge in [-0.15, -0.1) is 0 Å². The van der Waals surface area contributed by atoms with Gasteiger partial charge < -0.3 is 10.1 Å². The zero-order valence-corrected chi connectivity index (χ0v) is 15.5. The highest BCUT2D eigenvalue weighted by molar-refractivity contribution is 9.10. The first-order valence-corrected chi connectivity index (χ1v) is 9.34. The van der Waals surface area contributed by atoms with Gasteiger partial charge in [-0.25, -0.2) is 13.2 Å². The standard InChI is InChI=1S/C14H21BrN2O4S/c1-14(2,3)21-13(18)16-9-10-17(22(4,19)20)12-8-6-5-7-11(12)15/h5-8H,9-10H2,1-4H3,(H,16,18). The molecule has 0 bridgehead atoms. The highest BCUT2D eigenvalue weighted by Crippen LogP contribution is 2.27. The maximum Gasteiger partial charge on any atom is 0.407 e. The van der Waals surface area contributed by atoms with Gasteiger partial charge in [0, 0.05) is 11.0 Å². The highest BCUT2D eigenvalue weighted by atomic mass is 79.9. The van der Waals surface area contributed by atoms with Crippen molar-refractivity contribution in [1.82, 2.24) is 5.32 Å². The first-order valence-electron chi connectivity index (χ1n) is 6.70. The summed E-state index contributed by atoms with van der Waals surface area (Å²) in [5.41, 5.74) is -0.0701. The summed E-state index contributed by atoms with van der Waals surface area (Å²) >= 11 is 3.33. The fraction of sp³-hybridized carbons (Fsp3) is 0.500. The van der Waals surface area contributed by atoms with Crippen molar-refractivity contribution in [3.05, 3.63) is 28.7 Å². The third kappa shape index (κ3) is 6.23. The zero-order chi connectivity index (χ0) is 17.0. The summed E-state index contributed by atoms with van der Waals surface area (Å²) in [5.74, 6) is 0. The molecule has 0 aliphatic rings. The van der Waals surface area contributed by atoms with E-state index in [-0.39, 0.29) is 13.1 Å². The van der Waals surface area contributed by atoms with E-state index in [2.05, 4.69) is 21.2 Å². The van der Waals surface area contributed by atoms with E-state index in [1.54, 1.807) is 45.0 Å². The quantitative estimate of drug-likeness (QED) is 0.835. The van der Waals surface area contributed by atoms with Crippen LogP contribution in [0.1, 0.15) is 20.8 Å². The van der Waals surface area contributed by atoms with E-state index < -0.39 is 21.7 Å². The van der Waals surface area contributed by atoms with Gasteiger partial charge in [-0.05, 0) is 48.8 Å². The minimum absolute atomic E-state index is 0.112. The van der Waals surface area contributed by atoms with Gasteiger partial charge in [0.1, 0.15) is 5.60 Å². The molecule has 0 fully saturated rings. The predicted octanol–water partition coefficient (Wildman–Crippen LogP) is 2.74. The second-order valence-corrected chi connectivity index (χ2v) is 8.48. The molecule has 1 amide bonds. The number of rotatable bonds is 5. The van der Waals surface area contributed by atoms with Crippen LogP contribution in [-0.4, -0.2) is 39.5 Å². The fourth-order valence-electron chi connectivity index (χ4n) is 1.69. The van der Waals surface area contributed by atoms with Crippen molar-refractivity contribution in [1.29, 1.82) is 0 Å². The first-order chi connectivity index (χ1) is 10.0. The molecular formula is C14H21BrN2O4S. The average molecular weight is 393 g/mol. The van der Waals surface area contributed by atoms with Crippen LogP contribution >= 0.6 is 15.9 Å². The Balaban J connectivity index is 2.74. The highest BCUT2D eigenvalue weighted by Gasteiger charge is 2.20. The number of para-hydroxylation sites is 1. The van der Waals surface area contributed by atoms with E-state index in [9.17, 15) is 13.2 Å². The Morgan fingerprint density at radius 1 is 1.32 bits per heavy atom. The van der Waals surface area contributed by atoms with Crippen molar-refractivity contribution >= 4 is 37.7 Å². The second-order valence-electron chi connectivity index (χ2n) is 5.72. The van der Waals surface area contributed by atoms with Gasteiger partial charge in [-0.1, -0.05) is 12.1 Å². The largest absolute Gasteiger partial charge is 0.444 e. The fourth-order valence-corrected chi connectivity index (χ4v) is 3.25. The van der Waals surface area contributed by atoms with E-state index >= 15 is 0 Å². The molecule has 0 heterocycles. The van der Waals surface area contributed by atoms with Gasteiger partial charge in [-0.3, -0.25) is 4.31 Å². The molecule has 8 heteroatoms. The topological polar surface area (TPSA) is 75.7 Å². The average Bonchev–Trinajstić information content (AvgIpc) is 2.32. The van der Waals surface area contributed by atoms with E-state index in [4.69, 9.17) is 4.74 Å². The Kier molecular flexibility index (Phi) is 6.25. The summed E-state index contributed by atoms with van der Waals surface area (Å²) in [5, 5.41) is 2.55. The smallest absolute Gasteiger partial charge is 0.407 e. The Hall–Kier alpha value is -1.28. The molecule has 0 radical (unpaired) electrons. The lowest BCUT2D eigenvalue weighted by Gasteiger charge is -2.24. The third-order valence-electron chi connectivity index (χ3n) is 2.50. The van der Waals surface area contributed by atoms with Crippen molar-refractivity contribution < 1.29 is 17.9 Å². The number of sulfonamides is 1.